The number of aromatic nitrogens is 2. The Bertz CT molecular complexity index is 850. The summed E-state index contributed by atoms with van der Waals surface area (Å²) in [5.41, 5.74) is 8.21. The van der Waals surface area contributed by atoms with Crippen LogP contribution in [0.1, 0.15) is 12.6 Å². The molecule has 2 aromatic heterocycles. The minimum absolute atomic E-state index is 0.0163. The molecule has 2 N–H and O–H groups in total. The number of nitrogen functional groups attached to an aromatic ring is 1. The molecule has 23 heavy (non-hydrogen) atoms. The molecule has 0 unspecified atom stereocenters. The van der Waals surface area contributed by atoms with Crippen molar-refractivity contribution < 1.29 is 13.2 Å². The van der Waals surface area contributed by atoms with Crippen molar-refractivity contribution >= 4 is 27.3 Å². The first-order chi connectivity index (χ1) is 10.7. The zero-order valence-corrected chi connectivity index (χ0v) is 14.0. The van der Waals surface area contributed by atoms with E-state index >= 15 is 0 Å². The van der Waals surface area contributed by atoms with Gasteiger partial charge in [-0.25, -0.2) is 13.4 Å². The molecule has 2 aromatic rings. The van der Waals surface area contributed by atoms with Gasteiger partial charge in [0.15, 0.2) is 0 Å². The fourth-order valence-electron chi connectivity index (χ4n) is 2.06. The molecular formula is C15H18N4O3S. The lowest BCUT2D eigenvalue weighted by Gasteiger charge is -2.18. The third-order valence-corrected chi connectivity index (χ3v) is 4.51. The number of hydrogen-bond acceptors (Lipinski definition) is 6. The average molecular weight is 334 g/mol. The van der Waals surface area contributed by atoms with Crippen LogP contribution in [0.5, 0.6) is 0 Å². The first-order valence-electron chi connectivity index (χ1n) is 6.82. The molecule has 0 aromatic carbocycles. The van der Waals surface area contributed by atoms with E-state index in [1.165, 1.54) is 14.0 Å². The first kappa shape index (κ1) is 16.9. The zero-order valence-electron chi connectivity index (χ0n) is 13.1. The number of pyridine rings is 2. The molecule has 8 heteroatoms. The van der Waals surface area contributed by atoms with E-state index in [-0.39, 0.29) is 18.0 Å². The van der Waals surface area contributed by atoms with Gasteiger partial charge in [0, 0.05) is 37.1 Å². The molecule has 0 aliphatic carbocycles. The number of carbonyl (C=O) groups excluding carboxylic acids is 1. The van der Waals surface area contributed by atoms with Gasteiger partial charge in [0.1, 0.15) is 11.6 Å². The Balaban J connectivity index is 2.47. The molecular weight excluding hydrogens is 316 g/mol. The van der Waals surface area contributed by atoms with Crippen LogP contribution in [0.3, 0.4) is 0 Å². The Hall–Kier alpha value is -2.48. The second-order valence-electron chi connectivity index (χ2n) is 5.27. The molecule has 0 amide bonds. The highest BCUT2D eigenvalue weighted by atomic mass is 32.2. The van der Waals surface area contributed by atoms with E-state index in [0.29, 0.717) is 16.9 Å². The third kappa shape index (κ3) is 4.04. The maximum absolute atomic E-state index is 11.7. The molecule has 7 nitrogen and oxygen atoms in total. The van der Waals surface area contributed by atoms with E-state index in [0.717, 1.165) is 16.1 Å². The maximum atomic E-state index is 11.7. The Morgan fingerprint density at radius 2 is 1.96 bits per heavy atom. The topological polar surface area (TPSA) is 106 Å². The van der Waals surface area contributed by atoms with Gasteiger partial charge in [-0.1, -0.05) is 0 Å². The minimum Gasteiger partial charge on any atom is -0.382 e. The summed E-state index contributed by atoms with van der Waals surface area (Å²) in [6.07, 6.45) is 4.49. The second-order valence-corrected chi connectivity index (χ2v) is 7.29. The van der Waals surface area contributed by atoms with Gasteiger partial charge >= 0.3 is 0 Å². The molecule has 0 saturated heterocycles. The highest BCUT2D eigenvalue weighted by Gasteiger charge is 2.16. The molecule has 0 aliphatic heterocycles. The first-order valence-corrected chi connectivity index (χ1v) is 8.67. The summed E-state index contributed by atoms with van der Waals surface area (Å²) in [4.78, 5) is 19.4. The van der Waals surface area contributed by atoms with Crippen molar-refractivity contribution in [2.24, 2.45) is 0 Å². The molecule has 2 heterocycles. The van der Waals surface area contributed by atoms with E-state index < -0.39 is 10.0 Å². The molecule has 2 rings (SSSR count). The van der Waals surface area contributed by atoms with Crippen molar-refractivity contribution in [3.63, 3.8) is 0 Å². The van der Waals surface area contributed by atoms with Crippen molar-refractivity contribution in [2.45, 2.75) is 13.3 Å². The SMILES string of the molecule is CC(=O)Cc1cc(-c2cnc(N)c(N(C)S(C)(=O)=O)c2)ccn1. The third-order valence-electron chi connectivity index (χ3n) is 3.31. The largest absolute Gasteiger partial charge is 0.382 e. The van der Waals surface area contributed by atoms with Gasteiger partial charge in [-0.2, -0.15) is 0 Å². The maximum Gasteiger partial charge on any atom is 0.232 e. The van der Waals surface area contributed by atoms with E-state index in [1.807, 2.05) is 0 Å². The summed E-state index contributed by atoms with van der Waals surface area (Å²) in [7, 11) is -2.03. The van der Waals surface area contributed by atoms with Gasteiger partial charge in [0.05, 0.1) is 11.9 Å². The van der Waals surface area contributed by atoms with Gasteiger partial charge in [0.2, 0.25) is 10.0 Å². The average Bonchev–Trinajstić information content (AvgIpc) is 2.45. The fraction of sp³-hybridized carbons (Fsp3) is 0.267. The molecule has 0 bridgehead atoms. The standard InChI is InChI=1S/C15H18N4O3S/c1-10(20)6-13-7-11(4-5-17-13)12-8-14(15(16)18-9-12)19(2)23(3,21)22/h4-5,7-9H,6H2,1-3H3,(H2,16,18). The van der Waals surface area contributed by atoms with Crippen LogP contribution in [0.4, 0.5) is 11.5 Å². The lowest BCUT2D eigenvalue weighted by molar-refractivity contribution is -0.116. The highest BCUT2D eigenvalue weighted by Crippen LogP contribution is 2.28. The number of Topliss-reactive ketones (excluding diaryl/α,β-unsaturated/α-hetero) is 1. The number of anilines is 2. The van der Waals surface area contributed by atoms with Gasteiger partial charge in [-0.3, -0.25) is 14.1 Å². The normalized spacial score (nSPS) is 11.3. The van der Waals surface area contributed by atoms with Crippen LogP contribution in [0, 0.1) is 0 Å². The molecule has 0 aliphatic rings. The Labute approximate surface area is 135 Å². The summed E-state index contributed by atoms with van der Waals surface area (Å²) >= 11 is 0. The van der Waals surface area contributed by atoms with E-state index in [4.69, 9.17) is 5.73 Å². The molecule has 122 valence electrons. The predicted molar refractivity (Wildman–Crippen MR) is 89.5 cm³/mol. The molecule has 0 spiro atoms. The van der Waals surface area contributed by atoms with Crippen LogP contribution < -0.4 is 10.0 Å². The monoisotopic (exact) mass is 334 g/mol. The molecule has 0 saturated carbocycles. The summed E-state index contributed by atoms with van der Waals surface area (Å²) in [6, 6.07) is 5.19. The Morgan fingerprint density at radius 1 is 1.26 bits per heavy atom. The van der Waals surface area contributed by atoms with Crippen molar-refractivity contribution in [2.75, 3.05) is 23.3 Å². The van der Waals surface area contributed by atoms with Crippen LogP contribution in [0.2, 0.25) is 0 Å². The van der Waals surface area contributed by atoms with Crippen LogP contribution in [0.15, 0.2) is 30.6 Å². The number of nitrogens with two attached hydrogens (primary N) is 1. The van der Waals surface area contributed by atoms with Crippen LogP contribution >= 0.6 is 0 Å². The minimum atomic E-state index is -3.45. The summed E-state index contributed by atoms with van der Waals surface area (Å²) in [6.45, 7) is 1.50. The van der Waals surface area contributed by atoms with Crippen LogP contribution in [-0.2, 0) is 21.2 Å². The summed E-state index contributed by atoms with van der Waals surface area (Å²) < 4.78 is 24.5. The molecule has 0 atom stereocenters. The van der Waals surface area contributed by atoms with Gasteiger partial charge in [0.25, 0.3) is 0 Å². The lowest BCUT2D eigenvalue weighted by Crippen LogP contribution is -2.26. The Morgan fingerprint density at radius 3 is 2.57 bits per heavy atom. The zero-order chi connectivity index (χ0) is 17.2. The summed E-state index contributed by atoms with van der Waals surface area (Å²) in [5, 5.41) is 0. The number of carbonyl (C=O) groups is 1. The van der Waals surface area contributed by atoms with E-state index in [9.17, 15) is 13.2 Å². The lowest BCUT2D eigenvalue weighted by atomic mass is 10.1. The number of ketones is 1. The quantitative estimate of drug-likeness (QED) is 0.882. The van der Waals surface area contributed by atoms with Crippen molar-refractivity contribution in [1.29, 1.82) is 0 Å². The Kier molecular flexibility index (Phi) is 4.65. The van der Waals surface area contributed by atoms with E-state index in [2.05, 4.69) is 9.97 Å². The van der Waals surface area contributed by atoms with Gasteiger partial charge < -0.3 is 5.73 Å². The fourth-order valence-corrected chi connectivity index (χ4v) is 2.57. The van der Waals surface area contributed by atoms with Crippen LogP contribution in [0.25, 0.3) is 11.1 Å². The van der Waals surface area contributed by atoms with Gasteiger partial charge in [-0.15, -0.1) is 0 Å². The van der Waals surface area contributed by atoms with Crippen molar-refractivity contribution in [1.82, 2.24) is 9.97 Å². The smallest absolute Gasteiger partial charge is 0.232 e. The molecule has 0 fully saturated rings. The van der Waals surface area contributed by atoms with Crippen molar-refractivity contribution in [3.8, 4) is 11.1 Å². The number of nitrogens with zero attached hydrogens (tertiary/aromatic N) is 3. The molecule has 0 radical (unpaired) electrons. The van der Waals surface area contributed by atoms with Crippen molar-refractivity contribution in [3.05, 3.63) is 36.3 Å². The second kappa shape index (κ2) is 6.33. The summed E-state index contributed by atoms with van der Waals surface area (Å²) in [5.74, 6) is 0.141. The van der Waals surface area contributed by atoms with E-state index in [1.54, 1.807) is 30.6 Å². The number of sulfonamides is 1. The van der Waals surface area contributed by atoms with Crippen LogP contribution in [-0.4, -0.2) is 37.5 Å². The highest BCUT2D eigenvalue weighted by molar-refractivity contribution is 7.92. The predicted octanol–water partition coefficient (Wildman–Crippen LogP) is 1.25. The number of rotatable bonds is 5. The number of hydrogen-bond donors (Lipinski definition) is 1. The van der Waals surface area contributed by atoms with Gasteiger partial charge in [-0.05, 0) is 30.7 Å².